The van der Waals surface area contributed by atoms with E-state index >= 15 is 0 Å². The Bertz CT molecular complexity index is 801. The number of benzene rings is 2. The van der Waals surface area contributed by atoms with E-state index in [2.05, 4.69) is 10.3 Å². The molecule has 0 unspecified atom stereocenters. The van der Waals surface area contributed by atoms with Gasteiger partial charge in [0.15, 0.2) is 0 Å². The van der Waals surface area contributed by atoms with E-state index in [1.807, 2.05) is 0 Å². The van der Waals surface area contributed by atoms with Gasteiger partial charge in [-0.25, -0.2) is 8.78 Å². The van der Waals surface area contributed by atoms with Crippen LogP contribution >= 0.6 is 23.2 Å². The highest BCUT2D eigenvalue weighted by Gasteiger charge is 2.26. The topological polar surface area (TPSA) is 41.5 Å². The Hall–Kier alpha value is -1.98. The predicted octanol–water partition coefficient (Wildman–Crippen LogP) is 4.06. The van der Waals surface area contributed by atoms with Crippen LogP contribution in [0, 0.1) is 11.6 Å². The second kappa shape index (κ2) is 5.66. The Balaban J connectivity index is 2.34. The van der Waals surface area contributed by atoms with Gasteiger partial charge in [-0.1, -0.05) is 29.3 Å². The van der Waals surface area contributed by atoms with Crippen molar-refractivity contribution in [2.75, 3.05) is 11.9 Å². The Labute approximate surface area is 134 Å². The van der Waals surface area contributed by atoms with Gasteiger partial charge in [0.2, 0.25) is 5.91 Å². The van der Waals surface area contributed by atoms with E-state index < -0.39 is 17.5 Å². The van der Waals surface area contributed by atoms with Gasteiger partial charge < -0.3 is 5.32 Å². The number of hydrogen-bond donors (Lipinski definition) is 1. The first-order valence-electron chi connectivity index (χ1n) is 6.26. The van der Waals surface area contributed by atoms with Crippen molar-refractivity contribution >= 4 is 40.5 Å². The van der Waals surface area contributed by atoms with Gasteiger partial charge in [0.05, 0.1) is 27.0 Å². The fraction of sp³-hybridized carbons (Fsp3) is 0.0667. The minimum atomic E-state index is -0.796. The maximum Gasteiger partial charge on any atom is 0.246 e. The molecular formula is C15H8Cl2F2N2O. The molecule has 1 N–H and O–H groups in total. The molecule has 0 spiro atoms. The van der Waals surface area contributed by atoms with Crippen LogP contribution in [0.1, 0.15) is 11.1 Å². The van der Waals surface area contributed by atoms with Gasteiger partial charge >= 0.3 is 0 Å². The van der Waals surface area contributed by atoms with Gasteiger partial charge in [-0.05, 0) is 24.3 Å². The molecule has 1 amide bonds. The molecule has 2 aromatic carbocycles. The monoisotopic (exact) mass is 340 g/mol. The third-order valence-electron chi connectivity index (χ3n) is 3.19. The lowest BCUT2D eigenvalue weighted by molar-refractivity contribution is -0.114. The highest BCUT2D eigenvalue weighted by molar-refractivity contribution is 6.45. The van der Waals surface area contributed by atoms with Crippen molar-refractivity contribution in [2.45, 2.75) is 0 Å². The fourth-order valence-electron chi connectivity index (χ4n) is 2.23. The number of fused-ring (bicyclic) bond motifs is 1. The number of nitrogens with one attached hydrogen (secondary N) is 1. The summed E-state index contributed by atoms with van der Waals surface area (Å²) in [7, 11) is 0. The second-order valence-electron chi connectivity index (χ2n) is 4.59. The highest BCUT2D eigenvalue weighted by Crippen LogP contribution is 2.35. The maximum absolute atomic E-state index is 14.1. The van der Waals surface area contributed by atoms with Crippen molar-refractivity contribution in [1.82, 2.24) is 0 Å². The van der Waals surface area contributed by atoms with Crippen LogP contribution in [0.25, 0.3) is 0 Å². The molecule has 1 aliphatic rings. The van der Waals surface area contributed by atoms with Crippen LogP contribution in [-0.2, 0) is 4.79 Å². The molecule has 0 saturated carbocycles. The van der Waals surface area contributed by atoms with Crippen LogP contribution in [0.15, 0.2) is 35.3 Å². The summed E-state index contributed by atoms with van der Waals surface area (Å²) in [6.45, 7) is -0.272. The van der Waals surface area contributed by atoms with E-state index in [1.165, 1.54) is 18.2 Å². The first-order valence-corrected chi connectivity index (χ1v) is 7.01. The minimum absolute atomic E-state index is 0.0450. The fourth-order valence-corrected chi connectivity index (χ4v) is 2.65. The van der Waals surface area contributed by atoms with Crippen LogP contribution in [0.3, 0.4) is 0 Å². The summed E-state index contributed by atoms with van der Waals surface area (Å²) in [4.78, 5) is 15.7. The van der Waals surface area contributed by atoms with Gasteiger partial charge in [0.25, 0.3) is 0 Å². The van der Waals surface area contributed by atoms with E-state index in [9.17, 15) is 13.6 Å². The SMILES string of the molecule is O=C1CN=C(c2c(F)cccc2F)c2c(ccc(Cl)c2Cl)N1. The molecule has 0 atom stereocenters. The predicted molar refractivity (Wildman–Crippen MR) is 82.0 cm³/mol. The van der Waals surface area contributed by atoms with Gasteiger partial charge in [-0.2, -0.15) is 0 Å². The molecule has 1 heterocycles. The van der Waals surface area contributed by atoms with Crippen molar-refractivity contribution in [3.63, 3.8) is 0 Å². The third-order valence-corrected chi connectivity index (χ3v) is 3.99. The molecule has 2 aromatic rings. The highest BCUT2D eigenvalue weighted by atomic mass is 35.5. The van der Waals surface area contributed by atoms with Crippen LogP contribution in [-0.4, -0.2) is 18.2 Å². The van der Waals surface area contributed by atoms with Crippen LogP contribution in [0.2, 0.25) is 10.0 Å². The molecule has 0 saturated heterocycles. The first kappa shape index (κ1) is 14.9. The molecule has 7 heteroatoms. The quantitative estimate of drug-likeness (QED) is 0.835. The Morgan fingerprint density at radius 3 is 2.41 bits per heavy atom. The van der Waals surface area contributed by atoms with E-state index in [4.69, 9.17) is 23.2 Å². The number of rotatable bonds is 1. The summed E-state index contributed by atoms with van der Waals surface area (Å²) in [5.41, 5.74) is 0.114. The number of hydrogen-bond acceptors (Lipinski definition) is 2. The van der Waals surface area contributed by atoms with E-state index in [0.29, 0.717) is 5.69 Å². The summed E-state index contributed by atoms with van der Waals surface area (Å²) in [5.74, 6) is -2.00. The summed E-state index contributed by atoms with van der Waals surface area (Å²) in [6, 6.07) is 6.47. The van der Waals surface area contributed by atoms with Gasteiger partial charge in [0.1, 0.15) is 18.2 Å². The number of carbonyl (C=O) groups is 1. The number of aliphatic imine (C=N–C) groups is 1. The molecule has 22 heavy (non-hydrogen) atoms. The molecule has 0 fully saturated rings. The van der Waals surface area contributed by atoms with E-state index in [-0.39, 0.29) is 33.4 Å². The zero-order valence-electron chi connectivity index (χ0n) is 11.0. The van der Waals surface area contributed by atoms with Crippen molar-refractivity contribution in [3.8, 4) is 0 Å². The Kier molecular flexibility index (Phi) is 3.85. The summed E-state index contributed by atoms with van der Waals surface area (Å²) < 4.78 is 28.2. The largest absolute Gasteiger partial charge is 0.324 e. The Morgan fingerprint density at radius 1 is 1.05 bits per heavy atom. The Morgan fingerprint density at radius 2 is 1.73 bits per heavy atom. The third kappa shape index (κ3) is 2.46. The van der Waals surface area contributed by atoms with Gasteiger partial charge in [-0.15, -0.1) is 0 Å². The first-order chi connectivity index (χ1) is 10.5. The zero-order valence-corrected chi connectivity index (χ0v) is 12.5. The molecule has 0 bridgehead atoms. The molecule has 3 nitrogen and oxygen atoms in total. The average molecular weight is 341 g/mol. The van der Waals surface area contributed by atoms with Crippen LogP contribution in [0.5, 0.6) is 0 Å². The summed E-state index contributed by atoms with van der Waals surface area (Å²) in [6.07, 6.45) is 0. The maximum atomic E-state index is 14.1. The lowest BCUT2D eigenvalue weighted by Crippen LogP contribution is -2.13. The number of amides is 1. The van der Waals surface area contributed by atoms with E-state index in [0.717, 1.165) is 12.1 Å². The number of halogens is 4. The normalized spacial score (nSPS) is 14.0. The second-order valence-corrected chi connectivity index (χ2v) is 5.38. The minimum Gasteiger partial charge on any atom is -0.324 e. The molecule has 0 aliphatic carbocycles. The van der Waals surface area contributed by atoms with Gasteiger partial charge in [0, 0.05) is 5.56 Å². The number of anilines is 1. The average Bonchev–Trinajstić information content (AvgIpc) is 2.63. The molecule has 0 radical (unpaired) electrons. The lowest BCUT2D eigenvalue weighted by Gasteiger charge is -2.14. The van der Waals surface area contributed by atoms with Crippen LogP contribution < -0.4 is 5.32 Å². The molecule has 3 rings (SSSR count). The van der Waals surface area contributed by atoms with E-state index in [1.54, 1.807) is 0 Å². The van der Waals surface area contributed by atoms with Crippen LogP contribution in [0.4, 0.5) is 14.5 Å². The van der Waals surface area contributed by atoms with Crippen molar-refractivity contribution in [2.24, 2.45) is 4.99 Å². The number of nitrogens with zero attached hydrogens (tertiary/aromatic N) is 1. The van der Waals surface area contributed by atoms with Crippen molar-refractivity contribution < 1.29 is 13.6 Å². The smallest absolute Gasteiger partial charge is 0.246 e. The summed E-state index contributed by atoms with van der Waals surface area (Å²) in [5, 5.41) is 2.85. The lowest BCUT2D eigenvalue weighted by atomic mass is 9.99. The standard InChI is InChI=1S/C15H8Cl2F2N2O/c16-7-4-5-10-13(14(7)17)15(20-6-11(22)21-10)12-8(18)2-1-3-9(12)19/h1-5H,6H2,(H,21,22). The summed E-state index contributed by atoms with van der Waals surface area (Å²) >= 11 is 12.2. The molecule has 112 valence electrons. The molecular weight excluding hydrogens is 333 g/mol. The number of carbonyl (C=O) groups excluding carboxylic acids is 1. The number of benzodiazepines with no additional fused rings is 1. The zero-order chi connectivity index (χ0) is 15.9. The molecule has 0 aromatic heterocycles. The van der Waals surface area contributed by atoms with Gasteiger partial charge in [-0.3, -0.25) is 9.79 Å². The van der Waals surface area contributed by atoms with Crippen molar-refractivity contribution in [3.05, 3.63) is 63.1 Å². The molecule has 1 aliphatic heterocycles. The van der Waals surface area contributed by atoms with Crippen molar-refractivity contribution in [1.29, 1.82) is 0 Å².